The normalized spacial score (nSPS) is 10.6. The second-order valence-electron chi connectivity index (χ2n) is 5.33. The Labute approximate surface area is 148 Å². The molecule has 0 aliphatic rings. The lowest BCUT2D eigenvalue weighted by Crippen LogP contribution is -2.10. The van der Waals surface area contributed by atoms with E-state index in [4.69, 9.17) is 18.6 Å². The van der Waals surface area contributed by atoms with Crippen LogP contribution in [0.1, 0.15) is 10.6 Å². The minimum atomic E-state index is -1.36. The Morgan fingerprint density at radius 1 is 0.923 bits per heavy atom. The van der Waals surface area contributed by atoms with Crippen molar-refractivity contribution in [3.05, 3.63) is 52.6 Å². The van der Waals surface area contributed by atoms with Crippen LogP contribution in [0.5, 0.6) is 17.2 Å². The first-order valence-electron chi connectivity index (χ1n) is 7.62. The van der Waals surface area contributed by atoms with Gasteiger partial charge in [0.05, 0.1) is 26.7 Å². The highest BCUT2D eigenvalue weighted by atomic mass is 16.5. The van der Waals surface area contributed by atoms with Gasteiger partial charge in [0.1, 0.15) is 0 Å². The van der Waals surface area contributed by atoms with E-state index in [0.717, 1.165) is 0 Å². The maximum absolute atomic E-state index is 12.2. The SMILES string of the molecule is COc1ccc(-c2c(C(=O)O)oc(=O)c3ccccc23)c(OC)c1OC. The lowest BCUT2D eigenvalue weighted by Gasteiger charge is -2.17. The van der Waals surface area contributed by atoms with Crippen LogP contribution in [-0.2, 0) is 0 Å². The summed E-state index contributed by atoms with van der Waals surface area (Å²) >= 11 is 0. The van der Waals surface area contributed by atoms with E-state index in [0.29, 0.717) is 22.4 Å². The van der Waals surface area contributed by atoms with Gasteiger partial charge >= 0.3 is 11.6 Å². The third-order valence-corrected chi connectivity index (χ3v) is 4.01. The summed E-state index contributed by atoms with van der Waals surface area (Å²) in [6.07, 6.45) is 0. The molecule has 0 aliphatic carbocycles. The number of aromatic carboxylic acids is 1. The van der Waals surface area contributed by atoms with E-state index in [2.05, 4.69) is 0 Å². The summed E-state index contributed by atoms with van der Waals surface area (Å²) in [5, 5.41) is 10.3. The van der Waals surface area contributed by atoms with E-state index < -0.39 is 17.4 Å². The van der Waals surface area contributed by atoms with E-state index in [-0.39, 0.29) is 16.7 Å². The Hall–Kier alpha value is -3.48. The highest BCUT2D eigenvalue weighted by molar-refractivity contribution is 6.06. The molecule has 26 heavy (non-hydrogen) atoms. The molecule has 7 nitrogen and oxygen atoms in total. The van der Waals surface area contributed by atoms with Gasteiger partial charge in [0.2, 0.25) is 11.5 Å². The number of ether oxygens (including phenoxy) is 3. The number of carboxylic acid groups (broad SMARTS) is 1. The zero-order valence-corrected chi connectivity index (χ0v) is 14.4. The van der Waals surface area contributed by atoms with Gasteiger partial charge in [-0.25, -0.2) is 9.59 Å². The Morgan fingerprint density at radius 3 is 2.15 bits per heavy atom. The molecule has 3 rings (SSSR count). The summed E-state index contributed by atoms with van der Waals surface area (Å²) in [4.78, 5) is 23.9. The van der Waals surface area contributed by atoms with Crippen LogP contribution in [-0.4, -0.2) is 32.4 Å². The van der Waals surface area contributed by atoms with E-state index in [9.17, 15) is 14.7 Å². The summed E-state index contributed by atoms with van der Waals surface area (Å²) in [6, 6.07) is 9.88. The minimum absolute atomic E-state index is 0.227. The van der Waals surface area contributed by atoms with Crippen LogP contribution < -0.4 is 19.8 Å². The van der Waals surface area contributed by atoms with Gasteiger partial charge in [-0.1, -0.05) is 18.2 Å². The zero-order chi connectivity index (χ0) is 18.8. The fourth-order valence-electron chi connectivity index (χ4n) is 2.92. The lowest BCUT2D eigenvalue weighted by atomic mass is 9.97. The number of methoxy groups -OCH3 is 3. The van der Waals surface area contributed by atoms with Crippen molar-refractivity contribution >= 4 is 16.7 Å². The molecule has 1 aromatic heterocycles. The maximum Gasteiger partial charge on any atom is 0.372 e. The van der Waals surface area contributed by atoms with Gasteiger partial charge in [-0.2, -0.15) is 0 Å². The Kier molecular flexibility index (Phi) is 4.53. The summed E-state index contributed by atoms with van der Waals surface area (Å²) in [7, 11) is 4.37. The molecule has 0 radical (unpaired) electrons. The fourth-order valence-corrected chi connectivity index (χ4v) is 2.92. The first kappa shape index (κ1) is 17.3. The Bertz CT molecular complexity index is 1050. The van der Waals surface area contributed by atoms with Crippen LogP contribution in [0, 0.1) is 0 Å². The second-order valence-corrected chi connectivity index (χ2v) is 5.33. The molecule has 134 valence electrons. The van der Waals surface area contributed by atoms with Crippen molar-refractivity contribution in [2.45, 2.75) is 0 Å². The van der Waals surface area contributed by atoms with Gasteiger partial charge in [0, 0.05) is 16.5 Å². The zero-order valence-electron chi connectivity index (χ0n) is 14.4. The molecule has 2 aromatic carbocycles. The van der Waals surface area contributed by atoms with Crippen molar-refractivity contribution in [2.75, 3.05) is 21.3 Å². The van der Waals surface area contributed by atoms with Gasteiger partial charge in [-0.3, -0.25) is 0 Å². The van der Waals surface area contributed by atoms with Crippen molar-refractivity contribution in [2.24, 2.45) is 0 Å². The van der Waals surface area contributed by atoms with Crippen LogP contribution in [0.2, 0.25) is 0 Å². The molecule has 0 saturated heterocycles. The molecule has 0 aliphatic heterocycles. The van der Waals surface area contributed by atoms with Crippen LogP contribution in [0.4, 0.5) is 0 Å². The lowest BCUT2D eigenvalue weighted by molar-refractivity contribution is 0.0659. The fraction of sp³-hybridized carbons (Fsp3) is 0.158. The quantitative estimate of drug-likeness (QED) is 0.750. The molecule has 7 heteroatoms. The van der Waals surface area contributed by atoms with Crippen molar-refractivity contribution in [1.29, 1.82) is 0 Å². The molecule has 3 aromatic rings. The molecule has 1 N–H and O–H groups in total. The average Bonchev–Trinajstić information content (AvgIpc) is 2.66. The van der Waals surface area contributed by atoms with Crippen molar-refractivity contribution in [1.82, 2.24) is 0 Å². The van der Waals surface area contributed by atoms with E-state index >= 15 is 0 Å². The standard InChI is InChI=1S/C19H16O7/c1-23-13-9-8-12(15(24-2)16(13)25-3)14-10-6-4-5-7-11(10)19(22)26-17(14)18(20)21/h4-9H,1-3H3,(H,20,21). The molecule has 0 atom stereocenters. The highest BCUT2D eigenvalue weighted by Crippen LogP contribution is 2.46. The summed E-state index contributed by atoms with van der Waals surface area (Å²) in [5.41, 5.74) is -0.0887. The molecule has 1 heterocycles. The van der Waals surface area contributed by atoms with Gasteiger partial charge in [0.15, 0.2) is 11.5 Å². The number of rotatable bonds is 5. The highest BCUT2D eigenvalue weighted by Gasteiger charge is 2.26. The molecule has 0 bridgehead atoms. The van der Waals surface area contributed by atoms with Crippen LogP contribution >= 0.6 is 0 Å². The van der Waals surface area contributed by atoms with Crippen molar-refractivity contribution < 1.29 is 28.5 Å². The molecule has 0 spiro atoms. The minimum Gasteiger partial charge on any atom is -0.493 e. The number of hydrogen-bond donors (Lipinski definition) is 1. The van der Waals surface area contributed by atoms with E-state index in [1.54, 1.807) is 36.4 Å². The number of hydrogen-bond acceptors (Lipinski definition) is 6. The summed E-state index contributed by atoms with van der Waals surface area (Å²) < 4.78 is 21.2. The smallest absolute Gasteiger partial charge is 0.372 e. The number of carboxylic acids is 1. The topological polar surface area (TPSA) is 95.2 Å². The average molecular weight is 356 g/mol. The molecular weight excluding hydrogens is 340 g/mol. The Balaban J connectivity index is 2.50. The number of fused-ring (bicyclic) bond motifs is 1. The van der Waals surface area contributed by atoms with Crippen LogP contribution in [0.25, 0.3) is 21.9 Å². The van der Waals surface area contributed by atoms with Gasteiger partial charge in [-0.15, -0.1) is 0 Å². The maximum atomic E-state index is 12.2. The van der Waals surface area contributed by atoms with Crippen LogP contribution in [0.3, 0.4) is 0 Å². The van der Waals surface area contributed by atoms with Gasteiger partial charge in [0.25, 0.3) is 0 Å². The second kappa shape index (κ2) is 6.79. The van der Waals surface area contributed by atoms with Crippen molar-refractivity contribution in [3.8, 4) is 28.4 Å². The number of benzene rings is 2. The molecular formula is C19H16O7. The first-order valence-corrected chi connectivity index (χ1v) is 7.62. The van der Waals surface area contributed by atoms with Crippen molar-refractivity contribution in [3.63, 3.8) is 0 Å². The Morgan fingerprint density at radius 2 is 1.58 bits per heavy atom. The molecule has 0 saturated carbocycles. The largest absolute Gasteiger partial charge is 0.493 e. The van der Waals surface area contributed by atoms with Crippen LogP contribution in [0.15, 0.2) is 45.6 Å². The molecule has 0 fully saturated rings. The van der Waals surface area contributed by atoms with Gasteiger partial charge in [-0.05, 0) is 18.2 Å². The first-order chi connectivity index (χ1) is 12.5. The predicted molar refractivity (Wildman–Crippen MR) is 94.5 cm³/mol. The van der Waals surface area contributed by atoms with E-state index in [1.807, 2.05) is 0 Å². The predicted octanol–water partition coefficient (Wildman–Crippen LogP) is 3.18. The molecule has 0 amide bonds. The summed E-state index contributed by atoms with van der Waals surface area (Å²) in [5.74, 6) is -0.835. The summed E-state index contributed by atoms with van der Waals surface area (Å²) in [6.45, 7) is 0. The third kappa shape index (κ3) is 2.63. The van der Waals surface area contributed by atoms with E-state index in [1.165, 1.54) is 21.3 Å². The monoisotopic (exact) mass is 356 g/mol. The van der Waals surface area contributed by atoms with Gasteiger partial charge < -0.3 is 23.7 Å². The third-order valence-electron chi connectivity index (χ3n) is 4.01. The number of carbonyl (C=O) groups is 1. The molecule has 0 unspecified atom stereocenters.